The van der Waals surface area contributed by atoms with E-state index in [-0.39, 0.29) is 17.3 Å². The van der Waals surface area contributed by atoms with Gasteiger partial charge in [0.25, 0.3) is 0 Å². The van der Waals surface area contributed by atoms with Crippen LogP contribution in [-0.4, -0.2) is 17.5 Å². The zero-order chi connectivity index (χ0) is 13.1. The molecule has 18 heavy (non-hydrogen) atoms. The number of rotatable bonds is 4. The van der Waals surface area contributed by atoms with E-state index in [4.69, 9.17) is 4.74 Å². The first-order valence-corrected chi connectivity index (χ1v) is 5.59. The number of benzene rings is 1. The minimum Gasteiger partial charge on any atom is -0.494 e. The van der Waals surface area contributed by atoms with E-state index in [2.05, 4.69) is 0 Å². The van der Waals surface area contributed by atoms with Gasteiger partial charge in [0.05, 0.1) is 7.11 Å². The summed E-state index contributed by atoms with van der Waals surface area (Å²) in [6.07, 6.45) is 3.56. The lowest BCUT2D eigenvalue weighted by atomic mass is 10.2. The van der Waals surface area contributed by atoms with Crippen molar-refractivity contribution in [3.63, 3.8) is 0 Å². The van der Waals surface area contributed by atoms with Gasteiger partial charge in [-0.3, -0.25) is 4.79 Å². The third-order valence-corrected chi connectivity index (χ3v) is 2.74. The summed E-state index contributed by atoms with van der Waals surface area (Å²) >= 11 is 0. The number of methoxy groups -OCH3 is 1. The number of halogens is 1. The predicted molar refractivity (Wildman–Crippen MR) is 66.5 cm³/mol. The van der Waals surface area contributed by atoms with Crippen LogP contribution in [0.3, 0.4) is 0 Å². The SMILES string of the molecule is COc1ccc(Cn2ccc(C(C)=O)c2)cc1F. The zero-order valence-electron chi connectivity index (χ0n) is 10.3. The molecule has 0 saturated carbocycles. The second kappa shape index (κ2) is 5.04. The highest BCUT2D eigenvalue weighted by Gasteiger charge is 2.05. The highest BCUT2D eigenvalue weighted by molar-refractivity contribution is 5.93. The molecule has 1 aromatic carbocycles. The average molecular weight is 247 g/mol. The van der Waals surface area contributed by atoms with Gasteiger partial charge in [-0.05, 0) is 30.7 Å². The first-order chi connectivity index (χ1) is 8.60. The molecule has 0 unspecified atom stereocenters. The van der Waals surface area contributed by atoms with E-state index < -0.39 is 0 Å². The van der Waals surface area contributed by atoms with E-state index >= 15 is 0 Å². The Hall–Kier alpha value is -2.10. The van der Waals surface area contributed by atoms with E-state index in [1.54, 1.807) is 30.6 Å². The average Bonchev–Trinajstić information content (AvgIpc) is 2.78. The molecule has 0 radical (unpaired) electrons. The van der Waals surface area contributed by atoms with E-state index in [0.29, 0.717) is 12.1 Å². The van der Waals surface area contributed by atoms with Gasteiger partial charge in [0.1, 0.15) is 0 Å². The minimum atomic E-state index is -0.381. The topological polar surface area (TPSA) is 31.2 Å². The van der Waals surface area contributed by atoms with Crippen LogP contribution in [0.2, 0.25) is 0 Å². The van der Waals surface area contributed by atoms with E-state index in [9.17, 15) is 9.18 Å². The molecule has 4 heteroatoms. The molecule has 0 fully saturated rings. The van der Waals surface area contributed by atoms with Gasteiger partial charge in [0.15, 0.2) is 17.3 Å². The van der Waals surface area contributed by atoms with Crippen molar-refractivity contribution < 1.29 is 13.9 Å². The largest absolute Gasteiger partial charge is 0.494 e. The van der Waals surface area contributed by atoms with Crippen molar-refractivity contribution in [3.05, 3.63) is 53.6 Å². The van der Waals surface area contributed by atoms with Crippen molar-refractivity contribution in [1.29, 1.82) is 0 Å². The summed E-state index contributed by atoms with van der Waals surface area (Å²) in [6.45, 7) is 2.04. The second-order valence-corrected chi connectivity index (χ2v) is 4.10. The van der Waals surface area contributed by atoms with Gasteiger partial charge in [-0.2, -0.15) is 0 Å². The molecule has 1 aromatic heterocycles. The standard InChI is InChI=1S/C14H14FNO2/c1-10(17)12-5-6-16(9-12)8-11-3-4-14(18-2)13(15)7-11/h3-7,9H,8H2,1-2H3. The monoisotopic (exact) mass is 247 g/mol. The van der Waals surface area contributed by atoms with Crippen LogP contribution in [0.1, 0.15) is 22.8 Å². The molecular weight excluding hydrogens is 233 g/mol. The van der Waals surface area contributed by atoms with Gasteiger partial charge in [-0.15, -0.1) is 0 Å². The van der Waals surface area contributed by atoms with Crippen molar-refractivity contribution >= 4 is 5.78 Å². The molecule has 0 saturated heterocycles. The van der Waals surface area contributed by atoms with Gasteiger partial charge in [0, 0.05) is 24.5 Å². The first-order valence-electron chi connectivity index (χ1n) is 5.59. The maximum absolute atomic E-state index is 13.5. The molecule has 3 nitrogen and oxygen atoms in total. The summed E-state index contributed by atoms with van der Waals surface area (Å²) in [5.74, 6) is -0.126. The van der Waals surface area contributed by atoms with Crippen molar-refractivity contribution in [2.45, 2.75) is 13.5 Å². The smallest absolute Gasteiger partial charge is 0.165 e. The van der Waals surface area contributed by atoms with Crippen LogP contribution in [0.25, 0.3) is 0 Å². The first kappa shape index (κ1) is 12.4. The summed E-state index contributed by atoms with van der Waals surface area (Å²) in [4.78, 5) is 11.2. The number of nitrogens with zero attached hydrogens (tertiary/aromatic N) is 1. The molecule has 0 aliphatic heterocycles. The fourth-order valence-electron chi connectivity index (χ4n) is 1.77. The molecule has 0 aliphatic carbocycles. The van der Waals surface area contributed by atoms with Crippen molar-refractivity contribution in [3.8, 4) is 5.75 Å². The number of hydrogen-bond donors (Lipinski definition) is 0. The second-order valence-electron chi connectivity index (χ2n) is 4.10. The van der Waals surface area contributed by atoms with E-state index in [0.717, 1.165) is 5.56 Å². The Morgan fingerprint density at radius 1 is 1.39 bits per heavy atom. The van der Waals surface area contributed by atoms with Crippen LogP contribution in [0.4, 0.5) is 4.39 Å². The van der Waals surface area contributed by atoms with E-state index in [1.807, 2.05) is 4.57 Å². The molecule has 1 heterocycles. The molecule has 0 aliphatic rings. The van der Waals surface area contributed by atoms with Crippen molar-refractivity contribution in [2.75, 3.05) is 7.11 Å². The fraction of sp³-hybridized carbons (Fsp3) is 0.214. The predicted octanol–water partition coefficient (Wildman–Crippen LogP) is 2.89. The van der Waals surface area contributed by atoms with Gasteiger partial charge in [0.2, 0.25) is 0 Å². The summed E-state index contributed by atoms with van der Waals surface area (Å²) in [5, 5.41) is 0. The van der Waals surface area contributed by atoms with Crippen molar-refractivity contribution in [1.82, 2.24) is 4.57 Å². The van der Waals surface area contributed by atoms with Gasteiger partial charge < -0.3 is 9.30 Å². The normalized spacial score (nSPS) is 10.4. The third-order valence-electron chi connectivity index (χ3n) is 2.74. The number of ketones is 1. The number of hydrogen-bond acceptors (Lipinski definition) is 2. The number of carbonyl (C=O) groups is 1. The Bertz CT molecular complexity index is 575. The Morgan fingerprint density at radius 3 is 2.72 bits per heavy atom. The number of Topliss-reactive ketones (excluding diaryl/α,β-unsaturated/α-hetero) is 1. The maximum Gasteiger partial charge on any atom is 0.165 e. The van der Waals surface area contributed by atoms with E-state index in [1.165, 1.54) is 20.1 Å². The minimum absolute atomic E-state index is 0.0228. The van der Waals surface area contributed by atoms with Crippen LogP contribution < -0.4 is 4.74 Å². The maximum atomic E-state index is 13.5. The fourth-order valence-corrected chi connectivity index (χ4v) is 1.77. The number of ether oxygens (including phenoxy) is 1. The van der Waals surface area contributed by atoms with Crippen LogP contribution in [0.15, 0.2) is 36.7 Å². The molecule has 0 amide bonds. The third kappa shape index (κ3) is 2.59. The summed E-state index contributed by atoms with van der Waals surface area (Å²) in [6, 6.07) is 6.59. The highest BCUT2D eigenvalue weighted by Crippen LogP contribution is 2.18. The lowest BCUT2D eigenvalue weighted by Crippen LogP contribution is -1.98. The van der Waals surface area contributed by atoms with Crippen molar-refractivity contribution in [2.24, 2.45) is 0 Å². The highest BCUT2D eigenvalue weighted by atomic mass is 19.1. The molecule has 94 valence electrons. The Kier molecular flexibility index (Phi) is 3.46. The number of aromatic nitrogens is 1. The van der Waals surface area contributed by atoms with Crippen LogP contribution in [-0.2, 0) is 6.54 Å². The Balaban J connectivity index is 2.18. The molecular formula is C14H14FNO2. The summed E-state index contributed by atoms with van der Waals surface area (Å²) < 4.78 is 20.2. The molecule has 0 spiro atoms. The zero-order valence-corrected chi connectivity index (χ0v) is 10.3. The molecule has 0 bridgehead atoms. The van der Waals surface area contributed by atoms with Gasteiger partial charge in [-0.1, -0.05) is 6.07 Å². The molecule has 2 aromatic rings. The lowest BCUT2D eigenvalue weighted by molar-refractivity contribution is 0.101. The molecule has 2 rings (SSSR count). The van der Waals surface area contributed by atoms with Gasteiger partial charge in [-0.25, -0.2) is 4.39 Å². The quantitative estimate of drug-likeness (QED) is 0.778. The van der Waals surface area contributed by atoms with Crippen LogP contribution in [0.5, 0.6) is 5.75 Å². The molecule has 0 atom stereocenters. The Labute approximate surface area is 105 Å². The molecule has 0 N–H and O–H groups in total. The lowest BCUT2D eigenvalue weighted by Gasteiger charge is -2.06. The summed E-state index contributed by atoms with van der Waals surface area (Å²) in [5.41, 5.74) is 1.47. The van der Waals surface area contributed by atoms with Crippen LogP contribution in [0, 0.1) is 5.82 Å². The summed E-state index contributed by atoms with van der Waals surface area (Å²) in [7, 11) is 1.43. The Morgan fingerprint density at radius 2 is 2.17 bits per heavy atom. The van der Waals surface area contributed by atoms with Gasteiger partial charge >= 0.3 is 0 Å². The van der Waals surface area contributed by atoms with Crippen LogP contribution >= 0.6 is 0 Å². The number of carbonyl (C=O) groups excluding carboxylic acids is 1.